The van der Waals surface area contributed by atoms with E-state index in [0.717, 1.165) is 3.57 Å². The minimum atomic E-state index is -1.20. The Morgan fingerprint density at radius 2 is 2.12 bits per heavy atom. The predicted molar refractivity (Wildman–Crippen MR) is 101 cm³/mol. The van der Waals surface area contributed by atoms with Crippen LogP contribution in [0.1, 0.15) is 15.9 Å². The molecule has 3 aromatic rings. The number of nitrogens with zero attached hydrogens (tertiary/aromatic N) is 1. The highest BCUT2D eigenvalue weighted by Crippen LogP contribution is 2.31. The lowest BCUT2D eigenvalue weighted by Gasteiger charge is -2.15. The van der Waals surface area contributed by atoms with Crippen LogP contribution in [0.4, 0.5) is 11.5 Å². The molecule has 0 amide bonds. The first-order valence-electron chi connectivity index (χ1n) is 6.87. The Labute approximate surface area is 155 Å². The van der Waals surface area contributed by atoms with E-state index < -0.39 is 5.97 Å². The lowest BCUT2D eigenvalue weighted by molar-refractivity contribution is 0.0698. The molecule has 0 fully saturated rings. The summed E-state index contributed by atoms with van der Waals surface area (Å²) in [5.74, 6) is -1.09. The summed E-state index contributed by atoms with van der Waals surface area (Å²) >= 11 is 8.32. The zero-order valence-electron chi connectivity index (χ0n) is 12.7. The Kier molecular flexibility index (Phi) is 4.31. The monoisotopic (exact) mass is 458 g/mol. The van der Waals surface area contributed by atoms with Gasteiger partial charge in [-0.25, -0.2) is 4.79 Å². The molecule has 0 unspecified atom stereocenters. The molecule has 0 aliphatic rings. The van der Waals surface area contributed by atoms with Gasteiger partial charge in [-0.05, 0) is 47.7 Å². The van der Waals surface area contributed by atoms with E-state index in [1.54, 1.807) is 19.1 Å². The number of aromatic nitrogens is 1. The SMILES string of the molecule is Cc1coc2c(C(=O)O)c(Nc3ccc(I)cc3Cl)n(C)c(=O)c12. The number of rotatable bonds is 3. The summed E-state index contributed by atoms with van der Waals surface area (Å²) in [5.41, 5.74) is 0.677. The molecule has 124 valence electrons. The summed E-state index contributed by atoms with van der Waals surface area (Å²) in [6.07, 6.45) is 1.38. The van der Waals surface area contributed by atoms with Gasteiger partial charge in [-0.1, -0.05) is 11.6 Å². The number of aromatic carboxylic acids is 1. The van der Waals surface area contributed by atoms with Crippen LogP contribution in [0.2, 0.25) is 5.02 Å². The first kappa shape index (κ1) is 16.8. The molecule has 8 heteroatoms. The largest absolute Gasteiger partial charge is 0.477 e. The van der Waals surface area contributed by atoms with Gasteiger partial charge in [0.15, 0.2) is 5.58 Å². The normalized spacial score (nSPS) is 11.0. The van der Waals surface area contributed by atoms with Gasteiger partial charge in [0.1, 0.15) is 11.4 Å². The van der Waals surface area contributed by atoms with E-state index in [-0.39, 0.29) is 27.9 Å². The van der Waals surface area contributed by atoms with Crippen molar-refractivity contribution in [1.82, 2.24) is 4.57 Å². The van der Waals surface area contributed by atoms with Gasteiger partial charge in [0.05, 0.1) is 22.4 Å². The minimum absolute atomic E-state index is 0.0484. The molecule has 6 nitrogen and oxygen atoms in total. The van der Waals surface area contributed by atoms with Crippen molar-refractivity contribution in [2.45, 2.75) is 6.92 Å². The van der Waals surface area contributed by atoms with Crippen molar-refractivity contribution in [1.29, 1.82) is 0 Å². The van der Waals surface area contributed by atoms with Crippen LogP contribution < -0.4 is 10.9 Å². The maximum atomic E-state index is 12.6. The fourth-order valence-corrected chi connectivity index (χ4v) is 3.40. The van der Waals surface area contributed by atoms with E-state index in [2.05, 4.69) is 27.9 Å². The zero-order chi connectivity index (χ0) is 17.6. The predicted octanol–water partition coefficient (Wildman–Crippen LogP) is 4.14. The number of anilines is 2. The molecule has 0 bridgehead atoms. The van der Waals surface area contributed by atoms with Gasteiger partial charge >= 0.3 is 5.97 Å². The van der Waals surface area contributed by atoms with Crippen molar-refractivity contribution >= 4 is 62.6 Å². The molecule has 0 atom stereocenters. The number of hydrogen-bond acceptors (Lipinski definition) is 4. The van der Waals surface area contributed by atoms with Crippen LogP contribution in [0.3, 0.4) is 0 Å². The van der Waals surface area contributed by atoms with Crippen molar-refractivity contribution in [2.75, 3.05) is 5.32 Å². The Hall–Kier alpha value is -2.00. The molecule has 2 heterocycles. The number of benzene rings is 1. The van der Waals surface area contributed by atoms with E-state index >= 15 is 0 Å². The van der Waals surface area contributed by atoms with Crippen LogP contribution in [0.5, 0.6) is 0 Å². The fraction of sp³-hybridized carbons (Fsp3) is 0.125. The Morgan fingerprint density at radius 1 is 1.42 bits per heavy atom. The summed E-state index contributed by atoms with van der Waals surface area (Å²) in [6.45, 7) is 1.70. The fourth-order valence-electron chi connectivity index (χ4n) is 2.50. The van der Waals surface area contributed by atoms with Crippen LogP contribution in [0.25, 0.3) is 11.0 Å². The first-order valence-corrected chi connectivity index (χ1v) is 8.33. The first-order chi connectivity index (χ1) is 11.3. The Bertz CT molecular complexity index is 1040. The molecule has 0 aliphatic heterocycles. The van der Waals surface area contributed by atoms with Crippen LogP contribution in [-0.2, 0) is 7.05 Å². The highest BCUT2D eigenvalue weighted by atomic mass is 127. The average molecular weight is 459 g/mol. The maximum absolute atomic E-state index is 12.6. The number of carboxylic acids is 1. The summed E-state index contributed by atoms with van der Waals surface area (Å²) in [4.78, 5) is 24.4. The number of hydrogen-bond donors (Lipinski definition) is 2. The second-order valence-electron chi connectivity index (χ2n) is 5.26. The highest BCUT2D eigenvalue weighted by Gasteiger charge is 2.24. The van der Waals surface area contributed by atoms with Crippen LogP contribution in [0.15, 0.2) is 33.7 Å². The van der Waals surface area contributed by atoms with E-state index in [1.165, 1.54) is 17.9 Å². The second kappa shape index (κ2) is 6.14. The maximum Gasteiger partial charge on any atom is 0.343 e. The third-order valence-corrected chi connectivity index (χ3v) is 4.67. The van der Waals surface area contributed by atoms with Gasteiger partial charge in [0.25, 0.3) is 5.56 Å². The van der Waals surface area contributed by atoms with Crippen molar-refractivity contribution in [3.63, 3.8) is 0 Å². The number of halogens is 2. The van der Waals surface area contributed by atoms with Gasteiger partial charge in [-0.15, -0.1) is 0 Å². The molecule has 0 saturated heterocycles. The molecule has 0 spiro atoms. The molecule has 2 aromatic heterocycles. The smallest absolute Gasteiger partial charge is 0.343 e. The zero-order valence-corrected chi connectivity index (χ0v) is 15.6. The van der Waals surface area contributed by atoms with Crippen LogP contribution in [-0.4, -0.2) is 15.6 Å². The molecule has 1 aromatic carbocycles. The molecule has 0 radical (unpaired) electrons. The number of carboxylic acid groups (broad SMARTS) is 1. The third-order valence-electron chi connectivity index (χ3n) is 3.69. The van der Waals surface area contributed by atoms with Gasteiger partial charge in [-0.3, -0.25) is 9.36 Å². The Balaban J connectivity index is 2.31. The molecule has 3 rings (SSSR count). The topological polar surface area (TPSA) is 84.5 Å². The molecule has 2 N–H and O–H groups in total. The summed E-state index contributed by atoms with van der Waals surface area (Å²) < 4.78 is 7.53. The number of aryl methyl sites for hydroxylation is 1. The van der Waals surface area contributed by atoms with Crippen LogP contribution >= 0.6 is 34.2 Å². The average Bonchev–Trinajstić information content (AvgIpc) is 2.88. The number of nitrogens with one attached hydrogen (secondary N) is 1. The van der Waals surface area contributed by atoms with Crippen molar-refractivity contribution in [3.8, 4) is 0 Å². The van der Waals surface area contributed by atoms with Gasteiger partial charge < -0.3 is 14.8 Å². The van der Waals surface area contributed by atoms with Gasteiger partial charge in [0, 0.05) is 16.2 Å². The van der Waals surface area contributed by atoms with E-state index in [0.29, 0.717) is 16.3 Å². The molecule has 24 heavy (non-hydrogen) atoms. The van der Waals surface area contributed by atoms with Crippen molar-refractivity contribution in [2.24, 2.45) is 7.05 Å². The number of furan rings is 1. The van der Waals surface area contributed by atoms with Crippen molar-refractivity contribution in [3.05, 3.63) is 54.5 Å². The number of carbonyl (C=O) groups is 1. The summed E-state index contributed by atoms with van der Waals surface area (Å²) in [7, 11) is 1.50. The minimum Gasteiger partial charge on any atom is -0.477 e. The summed E-state index contributed by atoms with van der Waals surface area (Å²) in [6, 6.07) is 5.28. The third kappa shape index (κ3) is 2.67. The summed E-state index contributed by atoms with van der Waals surface area (Å²) in [5, 5.41) is 13.3. The van der Waals surface area contributed by atoms with Crippen molar-refractivity contribution < 1.29 is 14.3 Å². The number of fused-ring (bicyclic) bond motifs is 1. The second-order valence-corrected chi connectivity index (χ2v) is 6.92. The van der Waals surface area contributed by atoms with Crippen LogP contribution in [0, 0.1) is 10.5 Å². The van der Waals surface area contributed by atoms with E-state index in [9.17, 15) is 14.7 Å². The van der Waals surface area contributed by atoms with Gasteiger partial charge in [-0.2, -0.15) is 0 Å². The quantitative estimate of drug-likeness (QED) is 0.576. The van der Waals surface area contributed by atoms with E-state index in [4.69, 9.17) is 16.0 Å². The Morgan fingerprint density at radius 3 is 2.75 bits per heavy atom. The lowest BCUT2D eigenvalue weighted by Crippen LogP contribution is -2.23. The molecular weight excluding hydrogens is 447 g/mol. The lowest BCUT2D eigenvalue weighted by atomic mass is 10.1. The van der Waals surface area contributed by atoms with Gasteiger partial charge in [0.2, 0.25) is 0 Å². The highest BCUT2D eigenvalue weighted by molar-refractivity contribution is 14.1. The van der Waals surface area contributed by atoms with E-state index in [1.807, 2.05) is 6.07 Å². The molecular formula is C16H12ClIN2O4. The molecule has 0 aliphatic carbocycles. The molecule has 0 saturated carbocycles. The number of pyridine rings is 1. The standard InChI is InChI=1S/C16H12ClIN2O4/c1-7-6-24-13-11(7)15(21)20(2)14(12(13)16(22)23)19-10-4-3-8(18)5-9(10)17/h3-6,19H,1-2H3,(H,22,23).